The van der Waals surface area contributed by atoms with E-state index in [2.05, 4.69) is 47.2 Å². The van der Waals surface area contributed by atoms with Crippen LogP contribution < -0.4 is 5.32 Å². The van der Waals surface area contributed by atoms with Crippen molar-refractivity contribution in [2.75, 3.05) is 6.54 Å². The van der Waals surface area contributed by atoms with Gasteiger partial charge in [0.2, 0.25) is 0 Å². The average Bonchev–Trinajstić information content (AvgIpc) is 2.88. The Morgan fingerprint density at radius 2 is 2.11 bits per heavy atom. The van der Waals surface area contributed by atoms with Crippen molar-refractivity contribution >= 4 is 38.9 Å². The maximum absolute atomic E-state index is 6.08. The van der Waals surface area contributed by atoms with Crippen LogP contribution in [0.25, 0.3) is 10.4 Å². The normalized spacial score (nSPS) is 12.6. The summed E-state index contributed by atoms with van der Waals surface area (Å²) >= 11 is 11.5. The molecular formula is C15H17BrClNS. The molecule has 0 saturated carbocycles. The van der Waals surface area contributed by atoms with Crippen LogP contribution >= 0.6 is 38.9 Å². The van der Waals surface area contributed by atoms with Crippen LogP contribution in [0.2, 0.25) is 5.02 Å². The minimum absolute atomic E-state index is 0.400. The minimum Gasteiger partial charge on any atom is -0.309 e. The quantitative estimate of drug-likeness (QED) is 0.702. The van der Waals surface area contributed by atoms with Gasteiger partial charge in [0, 0.05) is 30.9 Å². The van der Waals surface area contributed by atoms with E-state index in [4.69, 9.17) is 11.6 Å². The fourth-order valence-corrected chi connectivity index (χ4v) is 3.71. The van der Waals surface area contributed by atoms with Crippen molar-refractivity contribution in [1.82, 2.24) is 5.32 Å². The van der Waals surface area contributed by atoms with Crippen molar-refractivity contribution in [3.63, 3.8) is 0 Å². The lowest BCUT2D eigenvalue weighted by Crippen LogP contribution is -2.18. The molecule has 19 heavy (non-hydrogen) atoms. The van der Waals surface area contributed by atoms with Gasteiger partial charge in [-0.25, -0.2) is 0 Å². The molecule has 0 aliphatic heterocycles. The summed E-state index contributed by atoms with van der Waals surface area (Å²) in [5.41, 5.74) is 1.16. The molecule has 1 heterocycles. The molecule has 0 aliphatic rings. The lowest BCUT2D eigenvalue weighted by Gasteiger charge is -2.10. The molecule has 4 heteroatoms. The molecule has 0 spiro atoms. The van der Waals surface area contributed by atoms with Crippen molar-refractivity contribution in [2.45, 2.75) is 26.3 Å². The third-order valence-corrected chi connectivity index (χ3v) is 5.18. The number of hydrogen-bond acceptors (Lipinski definition) is 2. The second-order valence-corrected chi connectivity index (χ2v) is 6.91. The van der Waals surface area contributed by atoms with Crippen LogP contribution in [0.15, 0.2) is 34.8 Å². The summed E-state index contributed by atoms with van der Waals surface area (Å²) in [4.78, 5) is 2.60. The molecule has 1 atom stereocenters. The fraction of sp³-hybridized carbons (Fsp3) is 0.333. The number of hydrogen-bond donors (Lipinski definition) is 1. The molecule has 102 valence electrons. The Morgan fingerprint density at radius 3 is 2.84 bits per heavy atom. The van der Waals surface area contributed by atoms with E-state index in [9.17, 15) is 0 Å². The molecule has 1 unspecified atom stereocenters. The highest BCUT2D eigenvalue weighted by Crippen LogP contribution is 2.36. The standard InChI is InChI=1S/C15H17BrClNS/c1-3-8-18-10(2)14-6-7-15(19-14)12-9-11(17)4-5-13(12)16/h4-7,9-10,18H,3,8H2,1-2H3. The van der Waals surface area contributed by atoms with Crippen LogP contribution in [-0.4, -0.2) is 6.54 Å². The summed E-state index contributed by atoms with van der Waals surface area (Å²) in [7, 11) is 0. The van der Waals surface area contributed by atoms with E-state index in [1.54, 1.807) is 0 Å². The lowest BCUT2D eigenvalue weighted by atomic mass is 10.2. The Kier molecular flexibility index (Phi) is 5.46. The largest absolute Gasteiger partial charge is 0.309 e. The van der Waals surface area contributed by atoms with Gasteiger partial charge in [-0.2, -0.15) is 0 Å². The van der Waals surface area contributed by atoms with E-state index in [-0.39, 0.29) is 0 Å². The van der Waals surface area contributed by atoms with Gasteiger partial charge >= 0.3 is 0 Å². The monoisotopic (exact) mass is 357 g/mol. The van der Waals surface area contributed by atoms with Crippen LogP contribution in [-0.2, 0) is 0 Å². The van der Waals surface area contributed by atoms with Crippen LogP contribution in [0.1, 0.15) is 31.2 Å². The third-order valence-electron chi connectivity index (χ3n) is 2.95. The Morgan fingerprint density at radius 1 is 1.32 bits per heavy atom. The minimum atomic E-state index is 0.400. The molecule has 0 bridgehead atoms. The number of rotatable bonds is 5. The van der Waals surface area contributed by atoms with Gasteiger partial charge in [0.25, 0.3) is 0 Å². The highest BCUT2D eigenvalue weighted by Gasteiger charge is 2.11. The summed E-state index contributed by atoms with van der Waals surface area (Å²) in [5.74, 6) is 0. The van der Waals surface area contributed by atoms with Gasteiger partial charge in [0.1, 0.15) is 0 Å². The van der Waals surface area contributed by atoms with Crippen LogP contribution in [0, 0.1) is 0 Å². The van der Waals surface area contributed by atoms with Crippen molar-refractivity contribution in [2.24, 2.45) is 0 Å². The zero-order chi connectivity index (χ0) is 13.8. The topological polar surface area (TPSA) is 12.0 Å². The number of halogens is 2. The lowest BCUT2D eigenvalue weighted by molar-refractivity contribution is 0.578. The Bertz CT molecular complexity index is 553. The van der Waals surface area contributed by atoms with Gasteiger partial charge in [-0.1, -0.05) is 34.5 Å². The smallest absolute Gasteiger partial charge is 0.0413 e. The average molecular weight is 359 g/mol. The summed E-state index contributed by atoms with van der Waals surface area (Å²) in [6, 6.07) is 10.7. The second kappa shape index (κ2) is 6.89. The first-order valence-corrected chi connectivity index (χ1v) is 8.39. The van der Waals surface area contributed by atoms with Crippen molar-refractivity contribution in [3.8, 4) is 10.4 Å². The molecule has 2 rings (SSSR count). The van der Waals surface area contributed by atoms with Gasteiger partial charge in [0.05, 0.1) is 0 Å². The predicted octanol–water partition coefficient (Wildman–Crippen LogP) is 5.89. The summed E-state index contributed by atoms with van der Waals surface area (Å²) in [6.07, 6.45) is 1.16. The van der Waals surface area contributed by atoms with Crippen molar-refractivity contribution < 1.29 is 0 Å². The third kappa shape index (κ3) is 3.82. The van der Waals surface area contributed by atoms with E-state index >= 15 is 0 Å². The zero-order valence-electron chi connectivity index (χ0n) is 11.0. The molecule has 1 aromatic heterocycles. The van der Waals surface area contributed by atoms with Crippen LogP contribution in [0.5, 0.6) is 0 Å². The molecule has 0 radical (unpaired) electrons. The highest BCUT2D eigenvalue weighted by molar-refractivity contribution is 9.10. The molecule has 0 aliphatic carbocycles. The van der Waals surface area contributed by atoms with E-state index in [1.165, 1.54) is 9.75 Å². The summed E-state index contributed by atoms with van der Waals surface area (Å²) in [6.45, 7) is 5.44. The molecular weight excluding hydrogens is 342 g/mol. The van der Waals surface area contributed by atoms with E-state index in [0.717, 1.165) is 28.0 Å². The maximum Gasteiger partial charge on any atom is 0.0413 e. The number of benzene rings is 1. The first-order valence-electron chi connectivity index (χ1n) is 6.40. The van der Waals surface area contributed by atoms with E-state index in [0.29, 0.717) is 6.04 Å². The second-order valence-electron chi connectivity index (χ2n) is 4.50. The summed E-state index contributed by atoms with van der Waals surface area (Å²) < 4.78 is 1.08. The molecule has 2 aromatic rings. The number of nitrogens with one attached hydrogen (secondary N) is 1. The maximum atomic E-state index is 6.08. The van der Waals surface area contributed by atoms with Gasteiger partial charge in [-0.05, 0) is 50.2 Å². The Hall–Kier alpha value is -0.350. The van der Waals surface area contributed by atoms with Gasteiger partial charge < -0.3 is 5.32 Å². The van der Waals surface area contributed by atoms with Crippen molar-refractivity contribution in [1.29, 1.82) is 0 Å². The zero-order valence-corrected chi connectivity index (χ0v) is 14.2. The van der Waals surface area contributed by atoms with Crippen molar-refractivity contribution in [3.05, 3.63) is 44.7 Å². The Labute approximate surface area is 132 Å². The van der Waals surface area contributed by atoms with Crippen LogP contribution in [0.3, 0.4) is 0 Å². The van der Waals surface area contributed by atoms with Crippen LogP contribution in [0.4, 0.5) is 0 Å². The first-order chi connectivity index (χ1) is 9.11. The number of thiophene rings is 1. The Balaban J connectivity index is 2.23. The molecule has 1 N–H and O–H groups in total. The predicted molar refractivity (Wildman–Crippen MR) is 89.2 cm³/mol. The highest BCUT2D eigenvalue weighted by atomic mass is 79.9. The van der Waals surface area contributed by atoms with Gasteiger partial charge in [0.15, 0.2) is 0 Å². The fourth-order valence-electron chi connectivity index (χ4n) is 1.88. The molecule has 0 saturated heterocycles. The molecule has 0 fully saturated rings. The van der Waals surface area contributed by atoms with E-state index < -0.39 is 0 Å². The SMILES string of the molecule is CCCNC(C)c1ccc(-c2cc(Cl)ccc2Br)s1. The van der Waals surface area contributed by atoms with Gasteiger partial charge in [-0.3, -0.25) is 0 Å². The molecule has 1 nitrogen and oxygen atoms in total. The summed E-state index contributed by atoms with van der Waals surface area (Å²) in [5, 5.41) is 4.28. The molecule has 0 amide bonds. The molecule has 1 aromatic carbocycles. The van der Waals surface area contributed by atoms with E-state index in [1.807, 2.05) is 29.5 Å². The first kappa shape index (κ1) is 15.0. The van der Waals surface area contributed by atoms with Gasteiger partial charge in [-0.15, -0.1) is 11.3 Å².